The fourth-order valence-corrected chi connectivity index (χ4v) is 4.30. The van der Waals surface area contributed by atoms with E-state index in [2.05, 4.69) is 44.3 Å². The molecule has 1 aromatic carbocycles. The summed E-state index contributed by atoms with van der Waals surface area (Å²) in [7, 11) is 0. The number of likely N-dealkylation sites (tertiary alicyclic amines) is 1. The number of piperazine rings is 1. The smallest absolute Gasteiger partial charge is 0.0642 e. The van der Waals surface area contributed by atoms with Gasteiger partial charge in [-0.1, -0.05) is 18.2 Å². The van der Waals surface area contributed by atoms with Gasteiger partial charge in [0.25, 0.3) is 0 Å². The first-order chi connectivity index (χ1) is 11.9. The fourth-order valence-electron chi connectivity index (χ4n) is 4.30. The van der Waals surface area contributed by atoms with Gasteiger partial charge in [0.15, 0.2) is 0 Å². The number of nitrogens with zero attached hydrogens (tertiary/aromatic N) is 3. The van der Waals surface area contributed by atoms with Gasteiger partial charge in [-0.25, -0.2) is 0 Å². The van der Waals surface area contributed by atoms with Crippen LogP contribution in [0.4, 0.5) is 5.69 Å². The van der Waals surface area contributed by atoms with Crippen molar-refractivity contribution >= 4 is 18.1 Å². The van der Waals surface area contributed by atoms with Crippen LogP contribution in [0.2, 0.25) is 0 Å². The molecule has 5 nitrogen and oxygen atoms in total. The van der Waals surface area contributed by atoms with Crippen LogP contribution in [-0.4, -0.2) is 81.4 Å². The summed E-state index contributed by atoms with van der Waals surface area (Å²) in [6.45, 7) is 12.0. The van der Waals surface area contributed by atoms with Crippen molar-refractivity contribution in [2.45, 2.75) is 19.0 Å². The van der Waals surface area contributed by atoms with E-state index in [4.69, 9.17) is 4.74 Å². The third kappa shape index (κ3) is 4.66. The van der Waals surface area contributed by atoms with E-state index in [0.29, 0.717) is 0 Å². The van der Waals surface area contributed by atoms with E-state index in [1.54, 1.807) is 0 Å². The molecule has 3 saturated heterocycles. The molecular weight excluding hydrogens is 336 g/mol. The molecule has 6 heteroatoms. The van der Waals surface area contributed by atoms with Crippen LogP contribution in [0.3, 0.4) is 0 Å². The van der Waals surface area contributed by atoms with Crippen molar-refractivity contribution in [2.75, 3.05) is 70.5 Å². The van der Waals surface area contributed by atoms with E-state index in [1.807, 2.05) is 0 Å². The molecule has 0 spiro atoms. The van der Waals surface area contributed by atoms with Crippen LogP contribution in [-0.2, 0) is 11.3 Å². The first-order valence-electron chi connectivity index (χ1n) is 9.48. The van der Waals surface area contributed by atoms with Crippen LogP contribution in [0.25, 0.3) is 0 Å². The highest BCUT2D eigenvalue weighted by Crippen LogP contribution is 2.25. The SMILES string of the molecule is Cl.c1ccc(N2CCOCC2)c(CN2CCC(N3CCNCC3)C2)c1. The highest BCUT2D eigenvalue weighted by Gasteiger charge is 2.28. The summed E-state index contributed by atoms with van der Waals surface area (Å²) in [5.74, 6) is 0. The molecule has 1 aromatic rings. The Balaban J connectivity index is 0.00000182. The van der Waals surface area contributed by atoms with Gasteiger partial charge in [0.2, 0.25) is 0 Å². The molecule has 0 aliphatic carbocycles. The maximum Gasteiger partial charge on any atom is 0.0642 e. The van der Waals surface area contributed by atoms with E-state index in [-0.39, 0.29) is 12.4 Å². The second-order valence-electron chi connectivity index (χ2n) is 7.19. The van der Waals surface area contributed by atoms with Crippen molar-refractivity contribution in [2.24, 2.45) is 0 Å². The number of anilines is 1. The lowest BCUT2D eigenvalue weighted by atomic mass is 10.1. The molecule has 3 heterocycles. The molecule has 3 fully saturated rings. The average Bonchev–Trinajstić information content (AvgIpc) is 3.12. The Morgan fingerprint density at radius 2 is 1.76 bits per heavy atom. The van der Waals surface area contributed by atoms with Crippen molar-refractivity contribution in [3.63, 3.8) is 0 Å². The number of benzene rings is 1. The average molecular weight is 367 g/mol. The Morgan fingerprint density at radius 1 is 1.00 bits per heavy atom. The first kappa shape index (κ1) is 18.9. The predicted octanol–water partition coefficient (Wildman–Crippen LogP) is 1.42. The molecule has 25 heavy (non-hydrogen) atoms. The molecule has 1 unspecified atom stereocenters. The Labute approximate surface area is 157 Å². The van der Waals surface area contributed by atoms with Gasteiger partial charge in [0, 0.05) is 70.6 Å². The minimum Gasteiger partial charge on any atom is -0.378 e. The lowest BCUT2D eigenvalue weighted by Crippen LogP contribution is -2.49. The largest absolute Gasteiger partial charge is 0.378 e. The Kier molecular flexibility index (Phi) is 6.96. The molecule has 140 valence electrons. The van der Waals surface area contributed by atoms with Crippen LogP contribution in [0.15, 0.2) is 24.3 Å². The van der Waals surface area contributed by atoms with Gasteiger partial charge in [-0.05, 0) is 18.1 Å². The van der Waals surface area contributed by atoms with Gasteiger partial charge >= 0.3 is 0 Å². The first-order valence-corrected chi connectivity index (χ1v) is 9.48. The fraction of sp³-hybridized carbons (Fsp3) is 0.684. The van der Waals surface area contributed by atoms with E-state index < -0.39 is 0 Å². The highest BCUT2D eigenvalue weighted by molar-refractivity contribution is 5.85. The number of rotatable bonds is 4. The van der Waals surface area contributed by atoms with E-state index in [0.717, 1.165) is 52.0 Å². The highest BCUT2D eigenvalue weighted by atomic mass is 35.5. The Hall–Kier alpha value is -0.850. The van der Waals surface area contributed by atoms with Crippen LogP contribution in [0, 0.1) is 0 Å². The lowest BCUT2D eigenvalue weighted by Gasteiger charge is -2.33. The molecule has 3 aliphatic rings. The normalized spacial score (nSPS) is 25.8. The summed E-state index contributed by atoms with van der Waals surface area (Å²) in [4.78, 5) is 7.82. The molecule has 0 bridgehead atoms. The predicted molar refractivity (Wildman–Crippen MR) is 105 cm³/mol. The number of hydrogen-bond donors (Lipinski definition) is 1. The summed E-state index contributed by atoms with van der Waals surface area (Å²) in [5.41, 5.74) is 2.88. The Bertz CT molecular complexity index is 532. The summed E-state index contributed by atoms with van der Waals surface area (Å²) in [6.07, 6.45) is 1.32. The minimum atomic E-state index is 0. The molecule has 0 saturated carbocycles. The van der Waals surface area contributed by atoms with Gasteiger partial charge in [-0.2, -0.15) is 0 Å². The van der Waals surface area contributed by atoms with E-state index in [1.165, 1.54) is 43.9 Å². The van der Waals surface area contributed by atoms with Crippen molar-refractivity contribution in [1.82, 2.24) is 15.1 Å². The molecular formula is C19H31ClN4O. The molecule has 1 N–H and O–H groups in total. The molecule has 0 amide bonds. The number of hydrogen-bond acceptors (Lipinski definition) is 5. The van der Waals surface area contributed by atoms with Crippen LogP contribution >= 0.6 is 12.4 Å². The van der Waals surface area contributed by atoms with Gasteiger partial charge in [0.1, 0.15) is 0 Å². The second-order valence-corrected chi connectivity index (χ2v) is 7.19. The zero-order valence-electron chi connectivity index (χ0n) is 15.0. The van der Waals surface area contributed by atoms with Crippen molar-refractivity contribution in [3.05, 3.63) is 29.8 Å². The number of ether oxygens (including phenoxy) is 1. The summed E-state index contributed by atoms with van der Waals surface area (Å²) in [5, 5.41) is 3.46. The van der Waals surface area contributed by atoms with Crippen LogP contribution < -0.4 is 10.2 Å². The van der Waals surface area contributed by atoms with Crippen LogP contribution in [0.5, 0.6) is 0 Å². The number of morpholine rings is 1. The van der Waals surface area contributed by atoms with Gasteiger partial charge in [-0.15, -0.1) is 12.4 Å². The third-order valence-corrected chi connectivity index (χ3v) is 5.65. The summed E-state index contributed by atoms with van der Waals surface area (Å²) >= 11 is 0. The molecule has 0 aromatic heterocycles. The summed E-state index contributed by atoms with van der Waals surface area (Å²) < 4.78 is 5.51. The van der Waals surface area contributed by atoms with Gasteiger partial charge in [0.05, 0.1) is 13.2 Å². The zero-order valence-corrected chi connectivity index (χ0v) is 15.8. The lowest BCUT2D eigenvalue weighted by molar-refractivity contribution is 0.122. The van der Waals surface area contributed by atoms with Gasteiger partial charge in [-0.3, -0.25) is 9.80 Å². The van der Waals surface area contributed by atoms with Crippen molar-refractivity contribution < 1.29 is 4.74 Å². The second kappa shape index (κ2) is 9.19. The van der Waals surface area contributed by atoms with Crippen molar-refractivity contribution in [1.29, 1.82) is 0 Å². The molecule has 3 aliphatic heterocycles. The summed E-state index contributed by atoms with van der Waals surface area (Å²) in [6, 6.07) is 9.70. The zero-order chi connectivity index (χ0) is 16.2. The minimum absolute atomic E-state index is 0. The number of halogens is 1. The monoisotopic (exact) mass is 366 g/mol. The number of para-hydroxylation sites is 1. The standard InChI is InChI=1S/C19H30N4O.ClH/c1-2-4-19(23-11-13-24-14-12-23)17(3-1)15-21-8-5-18(16-21)22-9-6-20-7-10-22;/h1-4,18,20H,5-16H2;1H. The Morgan fingerprint density at radius 3 is 2.56 bits per heavy atom. The van der Waals surface area contributed by atoms with Crippen molar-refractivity contribution in [3.8, 4) is 0 Å². The third-order valence-electron chi connectivity index (χ3n) is 5.65. The number of nitrogens with one attached hydrogen (secondary N) is 1. The van der Waals surface area contributed by atoms with Gasteiger partial charge < -0.3 is 15.0 Å². The maximum atomic E-state index is 5.51. The topological polar surface area (TPSA) is 31.0 Å². The van der Waals surface area contributed by atoms with E-state index >= 15 is 0 Å². The molecule has 0 radical (unpaired) electrons. The van der Waals surface area contributed by atoms with Crippen LogP contribution in [0.1, 0.15) is 12.0 Å². The maximum absolute atomic E-state index is 5.51. The molecule has 4 rings (SSSR count). The quantitative estimate of drug-likeness (QED) is 0.871. The molecule has 1 atom stereocenters. The van der Waals surface area contributed by atoms with E-state index in [9.17, 15) is 0 Å².